The molecule has 2 fully saturated rings. The Labute approximate surface area is 135 Å². The zero-order valence-electron chi connectivity index (χ0n) is 13.2. The lowest BCUT2D eigenvalue weighted by Crippen LogP contribution is -2.43. The second kappa shape index (κ2) is 6.28. The summed E-state index contributed by atoms with van der Waals surface area (Å²) in [5.74, 6) is 0.770. The molecule has 2 aromatic heterocycles. The number of carbonyl (C=O) groups excluding carboxylic acids is 1. The van der Waals surface area contributed by atoms with Crippen LogP contribution in [0.15, 0.2) is 18.3 Å². The first-order chi connectivity index (χ1) is 11.3. The van der Waals surface area contributed by atoms with Gasteiger partial charge in [-0.15, -0.1) is 0 Å². The van der Waals surface area contributed by atoms with Gasteiger partial charge in [0.25, 0.3) is 0 Å². The standard InChI is InChI=1S/C17H22N4O2/c22-17(12-5-8-23-9-6-12)21-7-1-2-14(11-21)15-4-3-13-10-18-20-16(13)19-15/h3-4,10,12,14H,1-2,5-9,11H2,(H,18,19,20)/t14-/m0/s1. The van der Waals surface area contributed by atoms with Gasteiger partial charge in [-0.2, -0.15) is 5.10 Å². The number of pyridine rings is 1. The van der Waals surface area contributed by atoms with Crippen LogP contribution < -0.4 is 0 Å². The molecule has 0 saturated carbocycles. The van der Waals surface area contributed by atoms with Gasteiger partial charge in [0.1, 0.15) is 0 Å². The number of carbonyl (C=O) groups is 1. The first-order valence-electron chi connectivity index (χ1n) is 8.48. The van der Waals surface area contributed by atoms with Gasteiger partial charge in [-0.3, -0.25) is 9.89 Å². The molecule has 0 spiro atoms. The molecule has 1 atom stereocenters. The van der Waals surface area contributed by atoms with E-state index in [2.05, 4.69) is 27.3 Å². The number of aromatic nitrogens is 3. The van der Waals surface area contributed by atoms with Crippen LogP contribution in [0.4, 0.5) is 0 Å². The van der Waals surface area contributed by atoms with Crippen LogP contribution in [0.5, 0.6) is 0 Å². The van der Waals surface area contributed by atoms with Crippen LogP contribution >= 0.6 is 0 Å². The summed E-state index contributed by atoms with van der Waals surface area (Å²) in [6, 6.07) is 4.13. The second-order valence-corrected chi connectivity index (χ2v) is 6.55. The van der Waals surface area contributed by atoms with E-state index in [9.17, 15) is 4.79 Å². The lowest BCUT2D eigenvalue weighted by atomic mass is 9.91. The fraction of sp³-hybridized carbons (Fsp3) is 0.588. The molecular weight excluding hydrogens is 292 g/mol. The van der Waals surface area contributed by atoms with Crippen LogP contribution in [0.2, 0.25) is 0 Å². The average molecular weight is 314 g/mol. The van der Waals surface area contributed by atoms with Crippen LogP contribution in [-0.2, 0) is 9.53 Å². The second-order valence-electron chi connectivity index (χ2n) is 6.55. The predicted molar refractivity (Wildman–Crippen MR) is 86.0 cm³/mol. The Balaban J connectivity index is 1.48. The van der Waals surface area contributed by atoms with Crippen molar-refractivity contribution >= 4 is 16.9 Å². The molecule has 4 rings (SSSR count). The largest absolute Gasteiger partial charge is 0.381 e. The summed E-state index contributed by atoms with van der Waals surface area (Å²) in [7, 11) is 0. The Kier molecular flexibility index (Phi) is 3.99. The van der Waals surface area contributed by atoms with Crippen LogP contribution in [0.1, 0.15) is 37.3 Å². The summed E-state index contributed by atoms with van der Waals surface area (Å²) in [4.78, 5) is 19.5. The highest BCUT2D eigenvalue weighted by Crippen LogP contribution is 2.29. The van der Waals surface area contributed by atoms with Crippen molar-refractivity contribution in [3.63, 3.8) is 0 Å². The fourth-order valence-electron chi connectivity index (χ4n) is 3.69. The smallest absolute Gasteiger partial charge is 0.225 e. The molecule has 1 amide bonds. The van der Waals surface area contributed by atoms with Crippen molar-refractivity contribution in [2.75, 3.05) is 26.3 Å². The molecule has 6 heteroatoms. The molecule has 2 aromatic rings. The Morgan fingerprint density at radius 1 is 1.26 bits per heavy atom. The van der Waals surface area contributed by atoms with Gasteiger partial charge in [0.05, 0.1) is 6.20 Å². The van der Waals surface area contributed by atoms with E-state index in [1.165, 1.54) is 0 Å². The predicted octanol–water partition coefficient (Wildman–Crippen LogP) is 2.09. The number of hydrogen-bond acceptors (Lipinski definition) is 4. The van der Waals surface area contributed by atoms with Gasteiger partial charge in [-0.25, -0.2) is 4.98 Å². The van der Waals surface area contributed by atoms with Crippen LogP contribution in [-0.4, -0.2) is 52.3 Å². The lowest BCUT2D eigenvalue weighted by Gasteiger charge is -2.35. The van der Waals surface area contributed by atoms with Gasteiger partial charge < -0.3 is 9.64 Å². The summed E-state index contributed by atoms with van der Waals surface area (Å²) in [6.07, 6.45) is 5.64. The monoisotopic (exact) mass is 314 g/mol. The molecule has 0 bridgehead atoms. The van der Waals surface area contributed by atoms with E-state index in [-0.39, 0.29) is 5.92 Å². The molecule has 0 unspecified atom stereocenters. The van der Waals surface area contributed by atoms with Gasteiger partial charge in [-0.05, 0) is 37.8 Å². The normalized spacial score (nSPS) is 23.3. The van der Waals surface area contributed by atoms with Crippen LogP contribution in [0.25, 0.3) is 11.0 Å². The maximum absolute atomic E-state index is 12.7. The van der Waals surface area contributed by atoms with E-state index in [4.69, 9.17) is 4.74 Å². The number of aromatic amines is 1. The SMILES string of the molecule is O=C(C1CCOCC1)N1CCC[C@H](c2ccc3cn[nH]c3n2)C1. The number of hydrogen-bond donors (Lipinski definition) is 1. The molecule has 1 N–H and O–H groups in total. The molecule has 2 aliphatic rings. The van der Waals surface area contributed by atoms with Crippen molar-refractivity contribution < 1.29 is 9.53 Å². The van der Waals surface area contributed by atoms with E-state index < -0.39 is 0 Å². The van der Waals surface area contributed by atoms with Gasteiger partial charge >= 0.3 is 0 Å². The van der Waals surface area contributed by atoms with Crippen LogP contribution in [0.3, 0.4) is 0 Å². The Morgan fingerprint density at radius 2 is 2.13 bits per heavy atom. The number of fused-ring (bicyclic) bond motifs is 1. The summed E-state index contributed by atoms with van der Waals surface area (Å²) in [5, 5.41) is 7.98. The van der Waals surface area contributed by atoms with Gasteiger partial charge in [-0.1, -0.05) is 0 Å². The summed E-state index contributed by atoms with van der Waals surface area (Å²) in [5.41, 5.74) is 1.89. The number of nitrogens with one attached hydrogen (secondary N) is 1. The number of H-pyrrole nitrogens is 1. The maximum atomic E-state index is 12.7. The molecule has 0 radical (unpaired) electrons. The minimum absolute atomic E-state index is 0.144. The third-order valence-corrected chi connectivity index (χ3v) is 5.04. The molecular formula is C17H22N4O2. The van der Waals surface area contributed by atoms with Gasteiger partial charge in [0.15, 0.2) is 5.65 Å². The van der Waals surface area contributed by atoms with E-state index >= 15 is 0 Å². The van der Waals surface area contributed by atoms with Gasteiger partial charge in [0.2, 0.25) is 5.91 Å². The molecule has 23 heavy (non-hydrogen) atoms. The van der Waals surface area contributed by atoms with Gasteiger partial charge in [0, 0.05) is 49.2 Å². The first-order valence-corrected chi connectivity index (χ1v) is 8.48. The highest BCUT2D eigenvalue weighted by Gasteiger charge is 2.31. The van der Waals surface area contributed by atoms with E-state index in [1.807, 2.05) is 4.90 Å². The molecule has 0 aliphatic carbocycles. The highest BCUT2D eigenvalue weighted by molar-refractivity contribution is 5.79. The topological polar surface area (TPSA) is 71.1 Å². The highest BCUT2D eigenvalue weighted by atomic mass is 16.5. The van der Waals surface area contributed by atoms with Crippen molar-refractivity contribution in [1.29, 1.82) is 0 Å². The molecule has 122 valence electrons. The molecule has 4 heterocycles. The number of likely N-dealkylation sites (tertiary alicyclic amines) is 1. The number of amides is 1. The van der Waals surface area contributed by atoms with E-state index in [0.29, 0.717) is 25.0 Å². The average Bonchev–Trinajstić information content (AvgIpc) is 3.09. The lowest BCUT2D eigenvalue weighted by molar-refractivity contribution is -0.139. The van der Waals surface area contributed by atoms with Crippen molar-refractivity contribution in [2.45, 2.75) is 31.6 Å². The summed E-state index contributed by atoms with van der Waals surface area (Å²) < 4.78 is 5.37. The zero-order valence-corrected chi connectivity index (χ0v) is 13.2. The van der Waals surface area contributed by atoms with E-state index in [1.54, 1.807) is 6.20 Å². The number of piperidine rings is 1. The number of ether oxygens (including phenoxy) is 1. The molecule has 6 nitrogen and oxygen atoms in total. The third kappa shape index (κ3) is 2.95. The maximum Gasteiger partial charge on any atom is 0.225 e. The Hall–Kier alpha value is -1.95. The quantitative estimate of drug-likeness (QED) is 0.921. The molecule has 0 aromatic carbocycles. The Morgan fingerprint density at radius 3 is 3.00 bits per heavy atom. The first kappa shape index (κ1) is 14.6. The third-order valence-electron chi connectivity index (χ3n) is 5.04. The minimum Gasteiger partial charge on any atom is -0.381 e. The minimum atomic E-state index is 0.144. The van der Waals surface area contributed by atoms with E-state index in [0.717, 1.165) is 55.5 Å². The number of nitrogens with zero attached hydrogens (tertiary/aromatic N) is 3. The van der Waals surface area contributed by atoms with Crippen LogP contribution in [0, 0.1) is 5.92 Å². The van der Waals surface area contributed by atoms with Crippen molar-refractivity contribution in [3.05, 3.63) is 24.0 Å². The summed E-state index contributed by atoms with van der Waals surface area (Å²) in [6.45, 7) is 3.08. The summed E-state index contributed by atoms with van der Waals surface area (Å²) >= 11 is 0. The zero-order chi connectivity index (χ0) is 15.6. The fourth-order valence-corrected chi connectivity index (χ4v) is 3.69. The van der Waals surface area contributed by atoms with Crippen molar-refractivity contribution in [2.24, 2.45) is 5.92 Å². The van der Waals surface area contributed by atoms with Crippen molar-refractivity contribution in [3.8, 4) is 0 Å². The number of rotatable bonds is 2. The molecule has 2 saturated heterocycles. The molecule has 2 aliphatic heterocycles. The Bertz CT molecular complexity index is 693. The van der Waals surface area contributed by atoms with Crippen molar-refractivity contribution in [1.82, 2.24) is 20.1 Å².